The third kappa shape index (κ3) is 2.33. The van der Waals surface area contributed by atoms with E-state index in [4.69, 9.17) is 0 Å². The number of hydrogen-bond acceptors (Lipinski definition) is 3. The van der Waals surface area contributed by atoms with E-state index in [1.54, 1.807) is 0 Å². The standard InChI is InChI=1S/C12H17N3S/c1-8-4-5-16-12(8)10(3)15-9(2)11-6-13-14-7-11/h4-7,9-10,15H,1-3H3,(H,13,14). The van der Waals surface area contributed by atoms with Gasteiger partial charge in [0.1, 0.15) is 0 Å². The Morgan fingerprint density at radius 1 is 1.38 bits per heavy atom. The van der Waals surface area contributed by atoms with Gasteiger partial charge in [-0.1, -0.05) is 0 Å². The van der Waals surface area contributed by atoms with Gasteiger partial charge in [0.15, 0.2) is 0 Å². The maximum absolute atomic E-state index is 3.97. The van der Waals surface area contributed by atoms with Crippen LogP contribution in [0.25, 0.3) is 0 Å². The quantitative estimate of drug-likeness (QED) is 0.854. The molecular weight excluding hydrogens is 218 g/mol. The highest BCUT2D eigenvalue weighted by Crippen LogP contribution is 2.25. The Bertz CT molecular complexity index is 433. The van der Waals surface area contributed by atoms with Crippen LogP contribution in [0, 0.1) is 6.92 Å². The van der Waals surface area contributed by atoms with Crippen molar-refractivity contribution in [1.82, 2.24) is 15.5 Å². The minimum Gasteiger partial charge on any atom is -0.303 e. The molecule has 0 saturated carbocycles. The third-order valence-electron chi connectivity index (χ3n) is 2.81. The number of aromatic nitrogens is 2. The van der Waals surface area contributed by atoms with E-state index in [1.165, 1.54) is 16.0 Å². The van der Waals surface area contributed by atoms with E-state index in [-0.39, 0.29) is 0 Å². The van der Waals surface area contributed by atoms with E-state index in [2.05, 4.69) is 47.7 Å². The maximum Gasteiger partial charge on any atom is 0.0534 e. The Balaban J connectivity index is 2.03. The molecule has 0 bridgehead atoms. The first kappa shape index (κ1) is 11.4. The van der Waals surface area contributed by atoms with Crippen LogP contribution in [0.15, 0.2) is 23.8 Å². The van der Waals surface area contributed by atoms with Gasteiger partial charge in [-0.25, -0.2) is 0 Å². The third-order valence-corrected chi connectivity index (χ3v) is 4.02. The molecule has 0 aromatic carbocycles. The summed E-state index contributed by atoms with van der Waals surface area (Å²) in [7, 11) is 0. The predicted octanol–water partition coefficient (Wildman–Crippen LogP) is 3.19. The van der Waals surface area contributed by atoms with Gasteiger partial charge >= 0.3 is 0 Å². The first-order valence-electron chi connectivity index (χ1n) is 5.47. The smallest absolute Gasteiger partial charge is 0.0534 e. The van der Waals surface area contributed by atoms with Crippen molar-refractivity contribution >= 4 is 11.3 Å². The number of rotatable bonds is 4. The lowest BCUT2D eigenvalue weighted by molar-refractivity contribution is 0.499. The van der Waals surface area contributed by atoms with Gasteiger partial charge in [0.25, 0.3) is 0 Å². The van der Waals surface area contributed by atoms with Crippen molar-refractivity contribution in [3.05, 3.63) is 39.8 Å². The van der Waals surface area contributed by atoms with E-state index in [1.807, 2.05) is 23.7 Å². The van der Waals surface area contributed by atoms with Gasteiger partial charge in [-0.15, -0.1) is 11.3 Å². The van der Waals surface area contributed by atoms with E-state index < -0.39 is 0 Å². The summed E-state index contributed by atoms with van der Waals surface area (Å²) in [5.41, 5.74) is 2.56. The number of thiophene rings is 1. The van der Waals surface area contributed by atoms with Gasteiger partial charge < -0.3 is 5.32 Å². The average molecular weight is 235 g/mol. The number of hydrogen-bond donors (Lipinski definition) is 2. The Morgan fingerprint density at radius 2 is 2.19 bits per heavy atom. The Morgan fingerprint density at radius 3 is 2.75 bits per heavy atom. The molecule has 16 heavy (non-hydrogen) atoms. The molecule has 0 spiro atoms. The predicted molar refractivity (Wildman–Crippen MR) is 67.6 cm³/mol. The van der Waals surface area contributed by atoms with Crippen LogP contribution in [0.5, 0.6) is 0 Å². The van der Waals surface area contributed by atoms with E-state index in [9.17, 15) is 0 Å². The molecule has 0 fully saturated rings. The van der Waals surface area contributed by atoms with Crippen LogP contribution in [-0.2, 0) is 0 Å². The van der Waals surface area contributed by atoms with Gasteiger partial charge in [0.05, 0.1) is 6.20 Å². The SMILES string of the molecule is Cc1ccsc1C(C)NC(C)c1cn[nH]c1. The normalized spacial score (nSPS) is 14.9. The number of aryl methyl sites for hydroxylation is 1. The van der Waals surface area contributed by atoms with Crippen molar-refractivity contribution in [2.24, 2.45) is 0 Å². The Hall–Kier alpha value is -1.13. The highest BCUT2D eigenvalue weighted by Gasteiger charge is 2.14. The number of nitrogens with one attached hydrogen (secondary N) is 2. The molecule has 0 saturated heterocycles. The van der Waals surface area contributed by atoms with E-state index in [0.717, 1.165) is 0 Å². The summed E-state index contributed by atoms with van der Waals surface area (Å²) in [6.07, 6.45) is 3.80. The largest absolute Gasteiger partial charge is 0.303 e. The lowest BCUT2D eigenvalue weighted by Gasteiger charge is -2.18. The van der Waals surface area contributed by atoms with Crippen LogP contribution >= 0.6 is 11.3 Å². The number of nitrogens with zero attached hydrogens (tertiary/aromatic N) is 1. The summed E-state index contributed by atoms with van der Waals surface area (Å²) in [4.78, 5) is 1.41. The minimum atomic E-state index is 0.315. The molecule has 2 aromatic rings. The van der Waals surface area contributed by atoms with Crippen LogP contribution in [0.1, 0.15) is 41.9 Å². The second-order valence-electron chi connectivity index (χ2n) is 4.11. The van der Waals surface area contributed by atoms with Crippen LogP contribution in [-0.4, -0.2) is 10.2 Å². The molecule has 2 N–H and O–H groups in total. The fraction of sp³-hybridized carbons (Fsp3) is 0.417. The molecule has 0 aliphatic carbocycles. The molecule has 0 aliphatic rings. The zero-order valence-corrected chi connectivity index (χ0v) is 10.6. The summed E-state index contributed by atoms with van der Waals surface area (Å²) in [5, 5.41) is 12.5. The summed E-state index contributed by atoms with van der Waals surface area (Å²) >= 11 is 1.81. The van der Waals surface area contributed by atoms with Crippen molar-refractivity contribution in [2.75, 3.05) is 0 Å². The molecule has 0 amide bonds. The second-order valence-corrected chi connectivity index (χ2v) is 5.06. The molecule has 86 valence electrons. The fourth-order valence-electron chi connectivity index (χ4n) is 1.87. The molecule has 0 aliphatic heterocycles. The molecule has 2 unspecified atom stereocenters. The lowest BCUT2D eigenvalue weighted by atomic mass is 10.1. The number of H-pyrrole nitrogens is 1. The molecule has 2 atom stereocenters. The van der Waals surface area contributed by atoms with Gasteiger partial charge in [-0.3, -0.25) is 5.10 Å². The van der Waals surface area contributed by atoms with Gasteiger partial charge in [0.2, 0.25) is 0 Å². The minimum absolute atomic E-state index is 0.315. The highest BCUT2D eigenvalue weighted by atomic mass is 32.1. The maximum atomic E-state index is 3.97. The van der Waals surface area contributed by atoms with Gasteiger partial charge in [0, 0.05) is 28.7 Å². The summed E-state index contributed by atoms with van der Waals surface area (Å²) < 4.78 is 0. The van der Waals surface area contributed by atoms with E-state index in [0.29, 0.717) is 12.1 Å². The van der Waals surface area contributed by atoms with Crippen molar-refractivity contribution < 1.29 is 0 Å². The number of aromatic amines is 1. The van der Waals surface area contributed by atoms with Crippen LogP contribution in [0.3, 0.4) is 0 Å². The summed E-state index contributed by atoms with van der Waals surface area (Å²) in [6.45, 7) is 6.52. The zero-order valence-electron chi connectivity index (χ0n) is 9.82. The average Bonchev–Trinajstić information content (AvgIpc) is 2.86. The summed E-state index contributed by atoms with van der Waals surface area (Å²) in [6, 6.07) is 2.86. The highest BCUT2D eigenvalue weighted by molar-refractivity contribution is 7.10. The van der Waals surface area contributed by atoms with E-state index >= 15 is 0 Å². The van der Waals surface area contributed by atoms with Crippen LogP contribution < -0.4 is 5.32 Å². The van der Waals surface area contributed by atoms with Crippen molar-refractivity contribution in [3.8, 4) is 0 Å². The molecule has 3 nitrogen and oxygen atoms in total. The fourth-order valence-corrected chi connectivity index (χ4v) is 2.82. The topological polar surface area (TPSA) is 40.7 Å². The lowest BCUT2D eigenvalue weighted by Crippen LogP contribution is -2.21. The second kappa shape index (κ2) is 4.80. The zero-order chi connectivity index (χ0) is 11.5. The Labute approximate surface area is 99.9 Å². The molecule has 0 radical (unpaired) electrons. The molecular formula is C12H17N3S. The molecule has 4 heteroatoms. The molecule has 2 rings (SSSR count). The van der Waals surface area contributed by atoms with Crippen molar-refractivity contribution in [3.63, 3.8) is 0 Å². The van der Waals surface area contributed by atoms with Crippen LogP contribution in [0.2, 0.25) is 0 Å². The first-order chi connectivity index (χ1) is 7.68. The molecule has 2 aromatic heterocycles. The van der Waals surface area contributed by atoms with Gasteiger partial charge in [-0.05, 0) is 37.8 Å². The monoisotopic (exact) mass is 235 g/mol. The van der Waals surface area contributed by atoms with Crippen molar-refractivity contribution in [2.45, 2.75) is 32.9 Å². The van der Waals surface area contributed by atoms with Gasteiger partial charge in [-0.2, -0.15) is 5.10 Å². The first-order valence-corrected chi connectivity index (χ1v) is 6.35. The Kier molecular flexibility index (Phi) is 3.41. The molecule has 2 heterocycles. The van der Waals surface area contributed by atoms with Crippen LogP contribution in [0.4, 0.5) is 0 Å². The van der Waals surface area contributed by atoms with Crippen molar-refractivity contribution in [1.29, 1.82) is 0 Å². The summed E-state index contributed by atoms with van der Waals surface area (Å²) in [5.74, 6) is 0.